The third-order valence-corrected chi connectivity index (χ3v) is 2.61. The Balaban J connectivity index is 1.83. The van der Waals surface area contributed by atoms with Crippen molar-refractivity contribution >= 4 is 22.2 Å². The molecule has 1 heterocycles. The molecule has 0 bridgehead atoms. The zero-order chi connectivity index (χ0) is 12.1. The molecular weight excluding hydrogens is 286 g/mol. The lowest BCUT2D eigenvalue weighted by Crippen LogP contribution is -2.08. The van der Waals surface area contributed by atoms with Crippen LogP contribution in [-0.2, 0) is 6.54 Å². The van der Waals surface area contributed by atoms with E-state index in [1.54, 1.807) is 10.9 Å². The van der Waals surface area contributed by atoms with E-state index in [4.69, 9.17) is 4.74 Å². The molecule has 0 amide bonds. The Morgan fingerprint density at radius 1 is 1.35 bits per heavy atom. The van der Waals surface area contributed by atoms with Gasteiger partial charge in [-0.3, -0.25) is 4.79 Å². The Bertz CT molecular complexity index is 496. The van der Waals surface area contributed by atoms with E-state index < -0.39 is 0 Å². The average molecular weight is 296 g/mol. The molecule has 0 N–H and O–H groups in total. The fourth-order valence-corrected chi connectivity index (χ4v) is 1.53. The number of benzene rings is 1. The fourth-order valence-electron chi connectivity index (χ4n) is 1.26. The Labute approximate surface area is 107 Å². The molecule has 1 aromatic carbocycles. The molecule has 88 valence electrons. The number of carbonyl (C=O) groups excluding carboxylic acids is 1. The van der Waals surface area contributed by atoms with Crippen molar-refractivity contribution in [3.8, 4) is 5.75 Å². The van der Waals surface area contributed by atoms with Crippen LogP contribution in [0.25, 0.3) is 0 Å². The van der Waals surface area contributed by atoms with Gasteiger partial charge in [-0.2, -0.15) is 0 Å². The monoisotopic (exact) mass is 295 g/mol. The topological polar surface area (TPSA) is 57.0 Å². The van der Waals surface area contributed by atoms with E-state index in [1.165, 1.54) is 0 Å². The van der Waals surface area contributed by atoms with Gasteiger partial charge < -0.3 is 4.74 Å². The van der Waals surface area contributed by atoms with Gasteiger partial charge in [-0.1, -0.05) is 21.1 Å². The average Bonchev–Trinajstić information content (AvgIpc) is 2.80. The summed E-state index contributed by atoms with van der Waals surface area (Å²) in [5, 5.41) is 7.44. The molecule has 6 heteroatoms. The highest BCUT2D eigenvalue weighted by Gasteiger charge is 1.99. The molecule has 0 aliphatic heterocycles. The van der Waals surface area contributed by atoms with Gasteiger partial charge in [0, 0.05) is 4.47 Å². The van der Waals surface area contributed by atoms with Crippen molar-refractivity contribution in [1.82, 2.24) is 15.0 Å². The normalized spacial score (nSPS) is 10.2. The van der Waals surface area contributed by atoms with Crippen LogP contribution in [-0.4, -0.2) is 27.9 Å². The van der Waals surface area contributed by atoms with E-state index in [1.807, 2.05) is 24.3 Å². The fraction of sp³-hybridized carbons (Fsp3) is 0.182. The quantitative estimate of drug-likeness (QED) is 0.791. The number of aldehydes is 1. The highest BCUT2D eigenvalue weighted by Crippen LogP contribution is 2.15. The highest BCUT2D eigenvalue weighted by molar-refractivity contribution is 9.10. The summed E-state index contributed by atoms with van der Waals surface area (Å²) in [4.78, 5) is 10.4. The van der Waals surface area contributed by atoms with Crippen molar-refractivity contribution in [3.63, 3.8) is 0 Å². The van der Waals surface area contributed by atoms with Crippen molar-refractivity contribution in [2.24, 2.45) is 0 Å². The first-order valence-electron chi connectivity index (χ1n) is 5.01. The maximum atomic E-state index is 10.4. The van der Waals surface area contributed by atoms with Crippen LogP contribution in [0, 0.1) is 0 Å². The van der Waals surface area contributed by atoms with Crippen LogP contribution >= 0.6 is 15.9 Å². The smallest absolute Gasteiger partial charge is 0.171 e. The van der Waals surface area contributed by atoms with Crippen molar-refractivity contribution in [1.29, 1.82) is 0 Å². The van der Waals surface area contributed by atoms with Crippen molar-refractivity contribution in [3.05, 3.63) is 40.6 Å². The van der Waals surface area contributed by atoms with Gasteiger partial charge in [-0.25, -0.2) is 4.68 Å². The second-order valence-corrected chi connectivity index (χ2v) is 4.24. The standard InChI is InChI=1S/C11H10BrN3O2/c12-9-1-3-11(4-2-9)17-6-5-15-7-10(8-16)13-14-15/h1-4,7-8H,5-6H2. The molecule has 2 rings (SSSR count). The van der Waals surface area contributed by atoms with Gasteiger partial charge in [0.15, 0.2) is 6.29 Å². The number of rotatable bonds is 5. The van der Waals surface area contributed by atoms with Crippen LogP contribution in [0.3, 0.4) is 0 Å². The first-order chi connectivity index (χ1) is 8.28. The predicted molar refractivity (Wildman–Crippen MR) is 65.0 cm³/mol. The lowest BCUT2D eigenvalue weighted by atomic mass is 10.3. The predicted octanol–water partition coefficient (Wildman–Crippen LogP) is 1.93. The Morgan fingerprint density at radius 3 is 2.76 bits per heavy atom. The van der Waals surface area contributed by atoms with E-state index in [9.17, 15) is 4.79 Å². The van der Waals surface area contributed by atoms with Gasteiger partial charge in [-0.15, -0.1) is 5.10 Å². The van der Waals surface area contributed by atoms with Gasteiger partial charge in [0.05, 0.1) is 12.7 Å². The van der Waals surface area contributed by atoms with Crippen LogP contribution in [0.5, 0.6) is 5.75 Å². The molecule has 0 radical (unpaired) electrons. The molecule has 0 unspecified atom stereocenters. The van der Waals surface area contributed by atoms with Crippen LogP contribution in [0.2, 0.25) is 0 Å². The largest absolute Gasteiger partial charge is 0.492 e. The van der Waals surface area contributed by atoms with Crippen molar-refractivity contribution in [2.75, 3.05) is 6.61 Å². The molecule has 0 spiro atoms. The maximum Gasteiger partial charge on any atom is 0.171 e. The first kappa shape index (κ1) is 11.8. The number of halogens is 1. The summed E-state index contributed by atoms with van der Waals surface area (Å²) in [5.41, 5.74) is 0.327. The molecule has 1 aromatic heterocycles. The Morgan fingerprint density at radius 2 is 2.12 bits per heavy atom. The Hall–Kier alpha value is -1.69. The molecule has 0 saturated carbocycles. The SMILES string of the molecule is O=Cc1cn(CCOc2ccc(Br)cc2)nn1. The zero-order valence-corrected chi connectivity index (χ0v) is 10.5. The zero-order valence-electron chi connectivity index (χ0n) is 8.91. The van der Waals surface area contributed by atoms with Gasteiger partial charge >= 0.3 is 0 Å². The van der Waals surface area contributed by atoms with Crippen LogP contribution in [0.15, 0.2) is 34.9 Å². The van der Waals surface area contributed by atoms with E-state index in [0.29, 0.717) is 25.1 Å². The molecule has 0 saturated heterocycles. The molecule has 2 aromatic rings. The lowest BCUT2D eigenvalue weighted by Gasteiger charge is -2.05. The van der Waals surface area contributed by atoms with Gasteiger partial charge in [0.2, 0.25) is 0 Å². The summed E-state index contributed by atoms with van der Waals surface area (Å²) < 4.78 is 8.09. The molecule has 17 heavy (non-hydrogen) atoms. The minimum absolute atomic E-state index is 0.327. The highest BCUT2D eigenvalue weighted by atomic mass is 79.9. The second kappa shape index (κ2) is 5.58. The number of hydrogen-bond donors (Lipinski definition) is 0. The molecule has 0 atom stereocenters. The van der Waals surface area contributed by atoms with Gasteiger partial charge in [0.25, 0.3) is 0 Å². The minimum Gasteiger partial charge on any atom is -0.492 e. The van der Waals surface area contributed by atoms with Gasteiger partial charge in [0.1, 0.15) is 18.1 Å². The molecular formula is C11H10BrN3O2. The first-order valence-corrected chi connectivity index (χ1v) is 5.81. The van der Waals surface area contributed by atoms with Crippen LogP contribution in [0.4, 0.5) is 0 Å². The number of ether oxygens (including phenoxy) is 1. The second-order valence-electron chi connectivity index (χ2n) is 3.33. The van der Waals surface area contributed by atoms with E-state index in [2.05, 4.69) is 26.2 Å². The van der Waals surface area contributed by atoms with Crippen LogP contribution < -0.4 is 4.74 Å². The summed E-state index contributed by atoms with van der Waals surface area (Å²) in [6.07, 6.45) is 2.25. The molecule has 0 aliphatic carbocycles. The minimum atomic E-state index is 0.327. The maximum absolute atomic E-state index is 10.4. The summed E-state index contributed by atoms with van der Waals surface area (Å²) in [6, 6.07) is 7.58. The third-order valence-electron chi connectivity index (χ3n) is 2.08. The summed E-state index contributed by atoms with van der Waals surface area (Å²) in [5.74, 6) is 0.795. The summed E-state index contributed by atoms with van der Waals surface area (Å²) >= 11 is 3.35. The number of nitrogens with zero attached hydrogens (tertiary/aromatic N) is 3. The molecule has 0 aliphatic rings. The lowest BCUT2D eigenvalue weighted by molar-refractivity contribution is 0.111. The number of hydrogen-bond acceptors (Lipinski definition) is 4. The Kier molecular flexibility index (Phi) is 3.87. The van der Waals surface area contributed by atoms with E-state index in [-0.39, 0.29) is 0 Å². The van der Waals surface area contributed by atoms with Crippen LogP contribution in [0.1, 0.15) is 10.5 Å². The molecule has 5 nitrogen and oxygen atoms in total. The number of aromatic nitrogens is 3. The molecule has 0 fully saturated rings. The summed E-state index contributed by atoms with van der Waals surface area (Å²) in [6.45, 7) is 1.03. The van der Waals surface area contributed by atoms with Gasteiger partial charge in [-0.05, 0) is 24.3 Å². The van der Waals surface area contributed by atoms with E-state index in [0.717, 1.165) is 10.2 Å². The summed E-state index contributed by atoms with van der Waals surface area (Å²) in [7, 11) is 0. The number of carbonyl (C=O) groups is 1. The third kappa shape index (κ3) is 3.39. The van der Waals surface area contributed by atoms with E-state index >= 15 is 0 Å². The van der Waals surface area contributed by atoms with Crippen molar-refractivity contribution < 1.29 is 9.53 Å². The van der Waals surface area contributed by atoms with Crippen molar-refractivity contribution in [2.45, 2.75) is 6.54 Å².